The quantitative estimate of drug-likeness (QED) is 0.287. The fourth-order valence-electron chi connectivity index (χ4n) is 2.03. The third kappa shape index (κ3) is 5.02. The fraction of sp³-hybridized carbons (Fsp3) is 0.500. The van der Waals surface area contributed by atoms with Gasteiger partial charge in [0, 0.05) is 12.3 Å². The Kier molecular flexibility index (Phi) is 7.41. The van der Waals surface area contributed by atoms with Gasteiger partial charge >= 0.3 is 0 Å². The molecule has 0 N–H and O–H groups in total. The number of benzene rings is 1. The molecule has 0 aliphatic carbocycles. The monoisotopic (exact) mass is 289 g/mol. The summed E-state index contributed by atoms with van der Waals surface area (Å²) in [6.45, 7) is 8.80. The van der Waals surface area contributed by atoms with Crippen LogP contribution < -0.4 is 0 Å². The summed E-state index contributed by atoms with van der Waals surface area (Å²) in [5.74, 6) is 7.66. The Hall–Kier alpha value is -1.26. The van der Waals surface area contributed by atoms with Gasteiger partial charge in [-0.1, -0.05) is 57.7 Å². The molecule has 2 heteroatoms. The first-order valence-electron chi connectivity index (χ1n) is 7.27. The molecule has 1 nitrogen and oxygen atoms in total. The molecule has 0 saturated heterocycles. The molecular weight excluding hydrogens is 266 g/mol. The zero-order valence-electron chi connectivity index (χ0n) is 12.9. The lowest BCUT2D eigenvalue weighted by Gasteiger charge is -2.15. The highest BCUT2D eigenvalue weighted by Gasteiger charge is 2.12. The van der Waals surface area contributed by atoms with Crippen LogP contribution in [0.25, 0.3) is 0 Å². The highest BCUT2D eigenvalue weighted by Crippen LogP contribution is 2.34. The number of hydrogen-bond acceptors (Lipinski definition) is 1. The molecule has 0 aliphatic heterocycles. The van der Waals surface area contributed by atoms with E-state index in [9.17, 15) is 0 Å². The Morgan fingerprint density at radius 3 is 2.25 bits per heavy atom. The van der Waals surface area contributed by atoms with Gasteiger partial charge in [-0.3, -0.25) is 0 Å². The zero-order valence-corrected chi connectivity index (χ0v) is 13.7. The number of halogens is 1. The van der Waals surface area contributed by atoms with Crippen molar-refractivity contribution in [3.8, 4) is 11.8 Å². The van der Waals surface area contributed by atoms with Crippen molar-refractivity contribution in [2.75, 3.05) is 5.88 Å². The lowest BCUT2D eigenvalue weighted by molar-refractivity contribution is 0.835. The van der Waals surface area contributed by atoms with E-state index in [1.165, 1.54) is 11.1 Å². The van der Waals surface area contributed by atoms with Crippen LogP contribution in [0.2, 0.25) is 0 Å². The summed E-state index contributed by atoms with van der Waals surface area (Å²) < 4.78 is 0. The zero-order chi connectivity index (χ0) is 15.0. The lowest BCUT2D eigenvalue weighted by atomic mass is 9.93. The summed E-state index contributed by atoms with van der Waals surface area (Å²) >= 11 is 5.62. The smallest absolute Gasteiger partial charge is 0.0773 e. The molecule has 0 heterocycles. The summed E-state index contributed by atoms with van der Waals surface area (Å²) in [5.41, 5.74) is 3.66. The highest BCUT2D eigenvalue weighted by molar-refractivity contribution is 6.17. The van der Waals surface area contributed by atoms with Gasteiger partial charge in [0.1, 0.15) is 0 Å². The standard InChI is InChI=1S/C18H24ClN/c1-14(2)16-10-9-11-17(15(3)4)18(16)20-13-8-6-5-7-12-19/h9-11,13-15H,5,7,12H2,1-4H3. The summed E-state index contributed by atoms with van der Waals surface area (Å²) in [4.78, 5) is 4.61. The molecule has 0 atom stereocenters. The SMILES string of the molecule is CC(C)c1cccc(C(C)C)c1N=CC#CCCCCl. The van der Waals surface area contributed by atoms with E-state index < -0.39 is 0 Å². The van der Waals surface area contributed by atoms with Crippen molar-refractivity contribution < 1.29 is 0 Å². The number of hydrogen-bond donors (Lipinski definition) is 0. The predicted molar refractivity (Wildman–Crippen MR) is 90.5 cm³/mol. The van der Waals surface area contributed by atoms with Gasteiger partial charge in [0.25, 0.3) is 0 Å². The van der Waals surface area contributed by atoms with Gasteiger partial charge in [-0.15, -0.1) is 11.6 Å². The van der Waals surface area contributed by atoms with Gasteiger partial charge in [0.2, 0.25) is 0 Å². The summed E-state index contributed by atoms with van der Waals surface area (Å²) in [6, 6.07) is 6.43. The van der Waals surface area contributed by atoms with Crippen molar-refractivity contribution in [1.29, 1.82) is 0 Å². The van der Waals surface area contributed by atoms with Gasteiger partial charge in [0.05, 0.1) is 11.9 Å². The summed E-state index contributed by atoms with van der Waals surface area (Å²) in [5, 5.41) is 0. The van der Waals surface area contributed by atoms with Crippen LogP contribution in [0.5, 0.6) is 0 Å². The third-order valence-corrected chi connectivity index (χ3v) is 3.41. The number of para-hydroxylation sites is 1. The van der Waals surface area contributed by atoms with Crippen molar-refractivity contribution in [2.45, 2.75) is 52.4 Å². The predicted octanol–water partition coefficient (Wildman–Crippen LogP) is 5.66. The minimum atomic E-state index is 0.463. The van der Waals surface area contributed by atoms with Crippen molar-refractivity contribution in [2.24, 2.45) is 4.99 Å². The van der Waals surface area contributed by atoms with Crippen LogP contribution in [0.3, 0.4) is 0 Å². The lowest BCUT2D eigenvalue weighted by Crippen LogP contribution is -1.95. The second-order valence-corrected chi connectivity index (χ2v) is 5.84. The molecule has 1 aromatic rings. The minimum Gasteiger partial charge on any atom is -0.247 e. The van der Waals surface area contributed by atoms with Crippen molar-refractivity contribution in [1.82, 2.24) is 0 Å². The maximum atomic E-state index is 5.62. The largest absolute Gasteiger partial charge is 0.247 e. The molecule has 1 rings (SSSR count). The number of nitrogens with zero attached hydrogens (tertiary/aromatic N) is 1. The molecule has 1 aromatic carbocycles. The average molecular weight is 290 g/mol. The van der Waals surface area contributed by atoms with E-state index in [0.29, 0.717) is 17.7 Å². The first-order valence-corrected chi connectivity index (χ1v) is 7.81. The van der Waals surface area contributed by atoms with Gasteiger partial charge in [0.15, 0.2) is 0 Å². The van der Waals surface area contributed by atoms with E-state index >= 15 is 0 Å². The Balaban J connectivity index is 3.01. The van der Waals surface area contributed by atoms with Crippen LogP contribution in [-0.4, -0.2) is 12.1 Å². The van der Waals surface area contributed by atoms with Gasteiger partial charge in [-0.05, 0) is 29.4 Å². The molecule has 0 spiro atoms. The number of rotatable bonds is 5. The van der Waals surface area contributed by atoms with Gasteiger partial charge in [-0.25, -0.2) is 4.99 Å². The van der Waals surface area contributed by atoms with Crippen LogP contribution >= 0.6 is 11.6 Å². The number of unbranched alkanes of at least 4 members (excludes halogenated alkanes) is 1. The Morgan fingerprint density at radius 2 is 1.75 bits per heavy atom. The van der Waals surface area contributed by atoms with Crippen LogP contribution in [0.15, 0.2) is 23.2 Å². The first-order chi connectivity index (χ1) is 9.57. The molecule has 0 aromatic heterocycles. The van der Waals surface area contributed by atoms with Crippen LogP contribution in [-0.2, 0) is 0 Å². The molecule has 0 radical (unpaired) electrons. The molecule has 0 unspecified atom stereocenters. The second kappa shape index (κ2) is 8.82. The van der Waals surface area contributed by atoms with E-state index in [1.54, 1.807) is 6.21 Å². The maximum Gasteiger partial charge on any atom is 0.0773 e. The molecule has 0 fully saturated rings. The average Bonchev–Trinajstić information content (AvgIpc) is 2.42. The maximum absolute atomic E-state index is 5.62. The topological polar surface area (TPSA) is 12.4 Å². The minimum absolute atomic E-state index is 0.463. The third-order valence-electron chi connectivity index (χ3n) is 3.14. The number of alkyl halides is 1. The van der Waals surface area contributed by atoms with E-state index in [2.05, 4.69) is 62.7 Å². The molecule has 20 heavy (non-hydrogen) atoms. The molecule has 0 aliphatic rings. The Labute approximate surface area is 128 Å². The van der Waals surface area contributed by atoms with Crippen molar-refractivity contribution in [3.05, 3.63) is 29.3 Å². The normalized spacial score (nSPS) is 11.2. The molecule has 0 saturated carbocycles. The Bertz CT molecular complexity index is 478. The fourth-order valence-corrected chi connectivity index (χ4v) is 2.16. The van der Waals surface area contributed by atoms with E-state index in [4.69, 9.17) is 11.6 Å². The van der Waals surface area contributed by atoms with Gasteiger partial charge in [-0.2, -0.15) is 0 Å². The van der Waals surface area contributed by atoms with Crippen LogP contribution in [0.1, 0.15) is 63.5 Å². The molecule has 108 valence electrons. The van der Waals surface area contributed by atoms with E-state index in [1.807, 2.05) is 0 Å². The van der Waals surface area contributed by atoms with E-state index in [-0.39, 0.29) is 0 Å². The number of aliphatic imine (C=N–C) groups is 1. The molecule has 0 amide bonds. The van der Waals surface area contributed by atoms with Crippen molar-refractivity contribution >= 4 is 23.5 Å². The van der Waals surface area contributed by atoms with Gasteiger partial charge < -0.3 is 0 Å². The molecular formula is C18H24ClN. The van der Waals surface area contributed by atoms with Crippen LogP contribution in [0.4, 0.5) is 5.69 Å². The second-order valence-electron chi connectivity index (χ2n) is 5.47. The van der Waals surface area contributed by atoms with Crippen LogP contribution in [0, 0.1) is 11.8 Å². The summed E-state index contributed by atoms with van der Waals surface area (Å²) in [6.07, 6.45) is 3.49. The highest BCUT2D eigenvalue weighted by atomic mass is 35.5. The molecule has 0 bridgehead atoms. The van der Waals surface area contributed by atoms with E-state index in [0.717, 1.165) is 18.5 Å². The first kappa shape index (κ1) is 16.8. The summed E-state index contributed by atoms with van der Waals surface area (Å²) in [7, 11) is 0. The Morgan fingerprint density at radius 1 is 1.15 bits per heavy atom. The van der Waals surface area contributed by atoms with Crippen molar-refractivity contribution in [3.63, 3.8) is 0 Å².